The maximum Gasteiger partial charge on any atom is 0.0945 e. The van der Waals surface area contributed by atoms with Crippen molar-refractivity contribution in [2.45, 2.75) is 25.0 Å². The maximum absolute atomic E-state index is 9.92. The summed E-state index contributed by atoms with van der Waals surface area (Å²) in [4.78, 5) is 4.24. The Balaban J connectivity index is 1.39. The first kappa shape index (κ1) is 14.7. The van der Waals surface area contributed by atoms with Gasteiger partial charge in [-0.05, 0) is 31.0 Å². The van der Waals surface area contributed by atoms with Crippen molar-refractivity contribution in [1.29, 1.82) is 0 Å². The van der Waals surface area contributed by atoms with Crippen LogP contribution in [0.5, 0.6) is 0 Å². The maximum atomic E-state index is 9.92. The van der Waals surface area contributed by atoms with Gasteiger partial charge in [0.25, 0.3) is 0 Å². The Labute approximate surface area is 127 Å². The van der Waals surface area contributed by atoms with E-state index in [9.17, 15) is 5.11 Å². The van der Waals surface area contributed by atoms with Crippen molar-refractivity contribution in [3.63, 3.8) is 0 Å². The zero-order valence-corrected chi connectivity index (χ0v) is 12.6. The Morgan fingerprint density at radius 3 is 3.33 bits per heavy atom. The zero-order chi connectivity index (χ0) is 14.5. The number of fused-ring (bicyclic) bond motifs is 1. The fourth-order valence-electron chi connectivity index (χ4n) is 2.37. The highest BCUT2D eigenvalue weighted by Crippen LogP contribution is 2.21. The molecule has 3 rings (SSSR count). The summed E-state index contributed by atoms with van der Waals surface area (Å²) in [5.74, 6) is 0. The van der Waals surface area contributed by atoms with Crippen LogP contribution in [0.2, 0.25) is 0 Å². The molecule has 1 saturated heterocycles. The molecule has 21 heavy (non-hydrogen) atoms. The molecule has 0 saturated carbocycles. The molecule has 6 heteroatoms. The second-order valence-corrected chi connectivity index (χ2v) is 6.13. The number of thiazole rings is 1. The molecule has 1 aliphatic rings. The van der Waals surface area contributed by atoms with E-state index < -0.39 is 6.10 Å². The molecule has 0 aliphatic carbocycles. The minimum atomic E-state index is -0.524. The number of aromatic nitrogens is 1. The number of nitrogens with zero attached hydrogens (tertiary/aromatic N) is 1. The van der Waals surface area contributed by atoms with Crippen LogP contribution in [0.1, 0.15) is 12.8 Å². The number of hydrogen-bond donors (Lipinski definition) is 2. The molecular formula is C15H20N2O3S. The van der Waals surface area contributed by atoms with Crippen molar-refractivity contribution in [1.82, 2.24) is 4.98 Å². The molecule has 2 heterocycles. The van der Waals surface area contributed by atoms with Crippen molar-refractivity contribution in [3.8, 4) is 0 Å². The number of benzene rings is 1. The van der Waals surface area contributed by atoms with Crippen LogP contribution in [0, 0.1) is 0 Å². The first-order chi connectivity index (χ1) is 10.3. The third kappa shape index (κ3) is 4.14. The van der Waals surface area contributed by atoms with Crippen LogP contribution in [0.4, 0.5) is 5.69 Å². The smallest absolute Gasteiger partial charge is 0.0945 e. The summed E-state index contributed by atoms with van der Waals surface area (Å²) in [5.41, 5.74) is 3.83. The Bertz CT molecular complexity index is 569. The molecule has 2 atom stereocenters. The lowest BCUT2D eigenvalue weighted by Gasteiger charge is -2.15. The van der Waals surface area contributed by atoms with Crippen LogP contribution in [0.3, 0.4) is 0 Å². The Hall–Kier alpha value is -1.21. The van der Waals surface area contributed by atoms with Gasteiger partial charge in [-0.2, -0.15) is 0 Å². The van der Waals surface area contributed by atoms with Gasteiger partial charge in [-0.1, -0.05) is 0 Å². The SMILES string of the molecule is OC(CNc1ccc2ncsc2c1)COCC1CCCO1. The lowest BCUT2D eigenvalue weighted by atomic mass is 10.2. The van der Waals surface area contributed by atoms with Crippen LogP contribution in [0.25, 0.3) is 10.2 Å². The van der Waals surface area contributed by atoms with E-state index in [1.165, 1.54) is 0 Å². The molecule has 2 aromatic rings. The van der Waals surface area contributed by atoms with E-state index in [0.717, 1.165) is 35.4 Å². The number of hydrogen-bond acceptors (Lipinski definition) is 6. The molecule has 1 aromatic carbocycles. The van der Waals surface area contributed by atoms with E-state index in [2.05, 4.69) is 10.3 Å². The summed E-state index contributed by atoms with van der Waals surface area (Å²) in [5, 5.41) is 13.1. The minimum absolute atomic E-state index is 0.207. The molecular weight excluding hydrogens is 288 g/mol. The van der Waals surface area contributed by atoms with E-state index in [1.54, 1.807) is 11.3 Å². The first-order valence-corrected chi connectivity index (χ1v) is 8.14. The summed E-state index contributed by atoms with van der Waals surface area (Å²) in [6, 6.07) is 6.00. The second kappa shape index (κ2) is 7.17. The average molecular weight is 308 g/mol. The molecule has 0 bridgehead atoms. The van der Waals surface area contributed by atoms with Gasteiger partial charge >= 0.3 is 0 Å². The quantitative estimate of drug-likeness (QED) is 0.821. The van der Waals surface area contributed by atoms with Gasteiger partial charge in [0.15, 0.2) is 0 Å². The molecule has 1 aromatic heterocycles. The van der Waals surface area contributed by atoms with E-state index >= 15 is 0 Å². The summed E-state index contributed by atoms with van der Waals surface area (Å²) < 4.78 is 12.1. The van der Waals surface area contributed by atoms with Crippen molar-refractivity contribution in [2.24, 2.45) is 0 Å². The third-order valence-electron chi connectivity index (χ3n) is 3.51. The number of anilines is 1. The van der Waals surface area contributed by atoms with Crippen LogP contribution < -0.4 is 5.32 Å². The number of nitrogens with one attached hydrogen (secondary N) is 1. The number of rotatable bonds is 7. The predicted molar refractivity (Wildman–Crippen MR) is 83.9 cm³/mol. The van der Waals surface area contributed by atoms with Crippen molar-refractivity contribution < 1.29 is 14.6 Å². The van der Waals surface area contributed by atoms with E-state index in [-0.39, 0.29) is 6.10 Å². The van der Waals surface area contributed by atoms with Gasteiger partial charge in [-0.3, -0.25) is 0 Å². The topological polar surface area (TPSA) is 63.6 Å². The molecule has 0 radical (unpaired) electrons. The van der Waals surface area contributed by atoms with Crippen molar-refractivity contribution >= 4 is 27.2 Å². The fourth-order valence-corrected chi connectivity index (χ4v) is 3.09. The lowest BCUT2D eigenvalue weighted by Crippen LogP contribution is -2.27. The molecule has 0 spiro atoms. The van der Waals surface area contributed by atoms with Gasteiger partial charge in [0.2, 0.25) is 0 Å². The molecule has 0 amide bonds. The predicted octanol–water partition coefficient (Wildman–Crippen LogP) is 2.26. The highest BCUT2D eigenvalue weighted by atomic mass is 32.1. The van der Waals surface area contributed by atoms with Gasteiger partial charge in [0.05, 0.1) is 41.1 Å². The summed E-state index contributed by atoms with van der Waals surface area (Å²) in [6.45, 7) is 2.20. The normalized spacial score (nSPS) is 20.0. The number of aliphatic hydroxyl groups is 1. The fraction of sp³-hybridized carbons (Fsp3) is 0.533. The zero-order valence-electron chi connectivity index (χ0n) is 11.8. The average Bonchev–Trinajstić information content (AvgIpc) is 3.15. The Morgan fingerprint density at radius 2 is 2.48 bits per heavy atom. The van der Waals surface area contributed by atoms with Gasteiger partial charge < -0.3 is 19.9 Å². The minimum Gasteiger partial charge on any atom is -0.389 e. The summed E-state index contributed by atoms with van der Waals surface area (Å²) in [6.07, 6.45) is 1.85. The van der Waals surface area contributed by atoms with Crippen LogP contribution in [0.15, 0.2) is 23.7 Å². The van der Waals surface area contributed by atoms with Gasteiger partial charge in [0, 0.05) is 18.8 Å². The van der Waals surface area contributed by atoms with Crippen LogP contribution in [-0.2, 0) is 9.47 Å². The molecule has 1 fully saturated rings. The van der Waals surface area contributed by atoms with Gasteiger partial charge in [-0.15, -0.1) is 11.3 Å². The second-order valence-electron chi connectivity index (χ2n) is 5.24. The Kier molecular flexibility index (Phi) is 5.03. The summed E-state index contributed by atoms with van der Waals surface area (Å²) >= 11 is 1.61. The molecule has 1 aliphatic heterocycles. The molecule has 2 N–H and O–H groups in total. The highest BCUT2D eigenvalue weighted by Gasteiger charge is 2.16. The van der Waals surface area contributed by atoms with E-state index in [0.29, 0.717) is 19.8 Å². The summed E-state index contributed by atoms with van der Waals surface area (Å²) in [7, 11) is 0. The largest absolute Gasteiger partial charge is 0.389 e. The van der Waals surface area contributed by atoms with E-state index in [1.807, 2.05) is 23.7 Å². The Morgan fingerprint density at radius 1 is 1.52 bits per heavy atom. The first-order valence-electron chi connectivity index (χ1n) is 7.26. The highest BCUT2D eigenvalue weighted by molar-refractivity contribution is 7.16. The molecule has 5 nitrogen and oxygen atoms in total. The van der Waals surface area contributed by atoms with Crippen LogP contribution >= 0.6 is 11.3 Å². The van der Waals surface area contributed by atoms with E-state index in [4.69, 9.17) is 9.47 Å². The molecule has 114 valence electrons. The molecule has 2 unspecified atom stereocenters. The van der Waals surface area contributed by atoms with Crippen molar-refractivity contribution in [3.05, 3.63) is 23.7 Å². The number of aliphatic hydroxyl groups excluding tert-OH is 1. The van der Waals surface area contributed by atoms with Crippen LogP contribution in [-0.4, -0.2) is 48.7 Å². The van der Waals surface area contributed by atoms with Gasteiger partial charge in [-0.25, -0.2) is 4.98 Å². The lowest BCUT2D eigenvalue weighted by molar-refractivity contribution is -0.0137. The van der Waals surface area contributed by atoms with Gasteiger partial charge in [0.1, 0.15) is 0 Å². The monoisotopic (exact) mass is 308 g/mol. The third-order valence-corrected chi connectivity index (χ3v) is 4.30. The van der Waals surface area contributed by atoms with Crippen molar-refractivity contribution in [2.75, 3.05) is 31.7 Å². The standard InChI is InChI=1S/C15H20N2O3S/c18-12(8-19-9-13-2-1-5-20-13)7-16-11-3-4-14-15(6-11)21-10-17-14/h3-4,6,10,12-13,16,18H,1-2,5,7-9H2. The number of ether oxygens (including phenoxy) is 2.